The third-order valence-electron chi connectivity index (χ3n) is 3.58. The standard InChI is InChI=1S/C20H18NO3P/c1-16(22)21-17-9-8-14-20(15-17)25(23,19-12-6-3-7-13-19)24-18-10-4-2-5-11-18/h2-15H,1H3,(H,21,22). The number of carbonyl (C=O) groups excluding carboxylic acids is 1. The van der Waals surface area contributed by atoms with Crippen LogP contribution in [0.5, 0.6) is 5.75 Å². The Morgan fingerprint density at radius 2 is 1.44 bits per heavy atom. The van der Waals surface area contributed by atoms with E-state index in [1.807, 2.05) is 36.4 Å². The lowest BCUT2D eigenvalue weighted by atomic mass is 10.3. The van der Waals surface area contributed by atoms with Gasteiger partial charge in [0.25, 0.3) is 0 Å². The predicted octanol–water partition coefficient (Wildman–Crippen LogP) is 3.95. The Labute approximate surface area is 146 Å². The average molecular weight is 351 g/mol. The van der Waals surface area contributed by atoms with Gasteiger partial charge in [-0.05, 0) is 42.5 Å². The van der Waals surface area contributed by atoms with Gasteiger partial charge in [-0.25, -0.2) is 0 Å². The van der Waals surface area contributed by atoms with Gasteiger partial charge in [0.2, 0.25) is 5.91 Å². The summed E-state index contributed by atoms with van der Waals surface area (Å²) < 4.78 is 19.9. The van der Waals surface area contributed by atoms with Gasteiger partial charge in [-0.3, -0.25) is 9.36 Å². The second kappa shape index (κ2) is 7.37. The van der Waals surface area contributed by atoms with Crippen LogP contribution in [0.25, 0.3) is 0 Å². The Hall–Kier alpha value is -2.84. The second-order valence-corrected chi connectivity index (χ2v) is 7.84. The van der Waals surface area contributed by atoms with Crippen molar-refractivity contribution in [2.75, 3.05) is 5.32 Å². The number of hydrogen-bond donors (Lipinski definition) is 1. The molecule has 126 valence electrons. The number of hydrogen-bond acceptors (Lipinski definition) is 3. The number of carbonyl (C=O) groups is 1. The van der Waals surface area contributed by atoms with Gasteiger partial charge in [0.1, 0.15) is 5.75 Å². The van der Waals surface area contributed by atoms with Crippen molar-refractivity contribution in [3.8, 4) is 5.75 Å². The molecule has 4 nitrogen and oxygen atoms in total. The van der Waals surface area contributed by atoms with Crippen molar-refractivity contribution >= 4 is 29.6 Å². The van der Waals surface area contributed by atoms with Crippen LogP contribution in [-0.4, -0.2) is 5.91 Å². The molecule has 3 aromatic carbocycles. The molecule has 1 unspecified atom stereocenters. The zero-order chi connectivity index (χ0) is 17.7. The smallest absolute Gasteiger partial charge is 0.306 e. The van der Waals surface area contributed by atoms with Gasteiger partial charge < -0.3 is 9.84 Å². The van der Waals surface area contributed by atoms with Crippen molar-refractivity contribution in [1.82, 2.24) is 0 Å². The fourth-order valence-electron chi connectivity index (χ4n) is 2.48. The van der Waals surface area contributed by atoms with Crippen molar-refractivity contribution in [3.63, 3.8) is 0 Å². The molecule has 0 aliphatic heterocycles. The van der Waals surface area contributed by atoms with E-state index in [4.69, 9.17) is 4.52 Å². The first-order valence-electron chi connectivity index (χ1n) is 7.86. The van der Waals surface area contributed by atoms with Crippen LogP contribution in [-0.2, 0) is 9.36 Å². The fraction of sp³-hybridized carbons (Fsp3) is 0.0500. The van der Waals surface area contributed by atoms with Crippen LogP contribution in [0, 0.1) is 0 Å². The summed E-state index contributed by atoms with van der Waals surface area (Å²) in [5, 5.41) is 3.84. The maximum Gasteiger partial charge on any atom is 0.306 e. The molecule has 0 saturated heterocycles. The monoisotopic (exact) mass is 351 g/mol. The molecule has 0 heterocycles. The second-order valence-electron chi connectivity index (χ2n) is 5.52. The first-order valence-corrected chi connectivity index (χ1v) is 9.49. The van der Waals surface area contributed by atoms with E-state index in [0.29, 0.717) is 22.0 Å². The SMILES string of the molecule is CC(=O)Nc1cccc(P(=O)(Oc2ccccc2)c2ccccc2)c1. The summed E-state index contributed by atoms with van der Waals surface area (Å²) >= 11 is 0. The van der Waals surface area contributed by atoms with Crippen molar-refractivity contribution in [2.24, 2.45) is 0 Å². The highest BCUT2D eigenvalue weighted by Gasteiger charge is 2.30. The Bertz CT molecular complexity index is 910. The quantitative estimate of drug-likeness (QED) is 0.708. The normalized spacial score (nSPS) is 12.8. The van der Waals surface area contributed by atoms with Crippen LogP contribution in [0.1, 0.15) is 6.92 Å². The highest BCUT2D eigenvalue weighted by atomic mass is 31.2. The lowest BCUT2D eigenvalue weighted by molar-refractivity contribution is -0.114. The molecule has 0 aliphatic rings. The molecular formula is C20H18NO3P. The van der Waals surface area contributed by atoms with Gasteiger partial charge in [-0.15, -0.1) is 0 Å². The molecule has 3 aromatic rings. The van der Waals surface area contributed by atoms with Gasteiger partial charge in [-0.1, -0.05) is 42.5 Å². The minimum absolute atomic E-state index is 0.185. The average Bonchev–Trinajstić information content (AvgIpc) is 2.63. The van der Waals surface area contributed by atoms with Crippen LogP contribution < -0.4 is 20.4 Å². The van der Waals surface area contributed by atoms with E-state index in [9.17, 15) is 9.36 Å². The molecule has 0 aliphatic carbocycles. The van der Waals surface area contributed by atoms with E-state index >= 15 is 0 Å². The van der Waals surface area contributed by atoms with E-state index in [1.54, 1.807) is 48.5 Å². The highest BCUT2D eigenvalue weighted by Crippen LogP contribution is 2.45. The van der Waals surface area contributed by atoms with Crippen LogP contribution in [0.4, 0.5) is 5.69 Å². The van der Waals surface area contributed by atoms with Gasteiger partial charge in [0, 0.05) is 12.6 Å². The van der Waals surface area contributed by atoms with Crippen LogP contribution >= 0.6 is 7.37 Å². The summed E-state index contributed by atoms with van der Waals surface area (Å²) in [6.45, 7) is 1.43. The summed E-state index contributed by atoms with van der Waals surface area (Å²) in [6.07, 6.45) is 0. The molecule has 3 rings (SSSR count). The molecule has 0 bridgehead atoms. The number of nitrogens with one attached hydrogen (secondary N) is 1. The maximum absolute atomic E-state index is 13.9. The zero-order valence-electron chi connectivity index (χ0n) is 13.8. The topological polar surface area (TPSA) is 55.4 Å². The fourth-order valence-corrected chi connectivity index (χ4v) is 4.56. The van der Waals surface area contributed by atoms with E-state index < -0.39 is 7.37 Å². The summed E-state index contributed by atoms with van der Waals surface area (Å²) in [5.74, 6) is 0.343. The zero-order valence-corrected chi connectivity index (χ0v) is 14.6. The number of anilines is 1. The highest BCUT2D eigenvalue weighted by molar-refractivity contribution is 7.74. The molecule has 1 atom stereocenters. The van der Waals surface area contributed by atoms with E-state index in [2.05, 4.69) is 5.32 Å². The minimum atomic E-state index is -3.37. The van der Waals surface area contributed by atoms with Gasteiger partial charge in [-0.2, -0.15) is 0 Å². The Kier molecular flexibility index (Phi) is 5.01. The maximum atomic E-state index is 13.9. The Morgan fingerprint density at radius 1 is 0.840 bits per heavy atom. The Morgan fingerprint density at radius 3 is 2.08 bits per heavy atom. The molecule has 5 heteroatoms. The molecule has 0 saturated carbocycles. The van der Waals surface area contributed by atoms with Gasteiger partial charge >= 0.3 is 7.37 Å². The number of benzene rings is 3. The predicted molar refractivity (Wildman–Crippen MR) is 101 cm³/mol. The molecule has 0 radical (unpaired) electrons. The summed E-state index contributed by atoms with van der Waals surface area (Å²) in [5.41, 5.74) is 0.581. The van der Waals surface area contributed by atoms with Crippen molar-refractivity contribution < 1.29 is 13.9 Å². The molecule has 1 amide bonds. The minimum Gasteiger partial charge on any atom is -0.437 e. The molecule has 0 fully saturated rings. The first-order chi connectivity index (χ1) is 12.1. The third-order valence-corrected chi connectivity index (χ3v) is 5.98. The molecule has 1 N–H and O–H groups in total. The van der Waals surface area contributed by atoms with Crippen LogP contribution in [0.3, 0.4) is 0 Å². The largest absolute Gasteiger partial charge is 0.437 e. The first kappa shape index (κ1) is 17.0. The summed E-state index contributed by atoms with van der Waals surface area (Å²) in [6, 6.07) is 25.1. The van der Waals surface area contributed by atoms with Gasteiger partial charge in [0.05, 0.1) is 10.6 Å². The van der Waals surface area contributed by atoms with Crippen molar-refractivity contribution in [1.29, 1.82) is 0 Å². The lowest BCUT2D eigenvalue weighted by Gasteiger charge is -2.21. The molecular weight excluding hydrogens is 333 g/mol. The molecule has 25 heavy (non-hydrogen) atoms. The molecule has 0 spiro atoms. The summed E-state index contributed by atoms with van der Waals surface area (Å²) in [7, 11) is -3.37. The molecule has 0 aromatic heterocycles. The van der Waals surface area contributed by atoms with E-state index in [0.717, 1.165) is 0 Å². The van der Waals surface area contributed by atoms with E-state index in [1.165, 1.54) is 6.92 Å². The van der Waals surface area contributed by atoms with E-state index in [-0.39, 0.29) is 5.91 Å². The van der Waals surface area contributed by atoms with Crippen molar-refractivity contribution in [3.05, 3.63) is 84.9 Å². The van der Waals surface area contributed by atoms with Gasteiger partial charge in [0.15, 0.2) is 0 Å². The van der Waals surface area contributed by atoms with Crippen LogP contribution in [0.15, 0.2) is 84.9 Å². The Balaban J connectivity index is 2.09. The van der Waals surface area contributed by atoms with Crippen molar-refractivity contribution in [2.45, 2.75) is 6.92 Å². The third kappa shape index (κ3) is 3.98. The number of rotatable bonds is 5. The number of amides is 1. The number of para-hydroxylation sites is 1. The summed E-state index contributed by atoms with van der Waals surface area (Å²) in [4.78, 5) is 11.3. The lowest BCUT2D eigenvalue weighted by Crippen LogP contribution is -2.21. The van der Waals surface area contributed by atoms with Crippen LogP contribution in [0.2, 0.25) is 0 Å².